The average Bonchev–Trinajstić information content (AvgIpc) is 3.03. The van der Waals surface area contributed by atoms with E-state index in [2.05, 4.69) is 125 Å². The molecule has 0 aliphatic heterocycles. The van der Waals surface area contributed by atoms with Crippen LogP contribution in [0.1, 0.15) is 125 Å². The Bertz CT molecular complexity index is 186. The molecule has 0 nitrogen and oxygen atoms in total. The Morgan fingerprint density at radius 3 is 0.178 bits per heavy atom. The molecule has 0 amide bonds. The van der Waals surface area contributed by atoms with E-state index in [1.54, 1.807) is 0 Å². The molecule has 0 heterocycles. The Morgan fingerprint density at radius 1 is 0.133 bits per heavy atom. The van der Waals surface area contributed by atoms with Crippen molar-refractivity contribution >= 4 is 190 Å². The van der Waals surface area contributed by atoms with Gasteiger partial charge in [-0.05, 0) is 0 Å². The van der Waals surface area contributed by atoms with Crippen molar-refractivity contribution < 1.29 is 0 Å². The summed E-state index contributed by atoms with van der Waals surface area (Å²) in [4.78, 5) is 0. The molecular formula is C36H90Sn9. The van der Waals surface area contributed by atoms with E-state index in [1.807, 2.05) is 0 Å². The molecule has 0 N–H and O–H groups in total. The van der Waals surface area contributed by atoms with Crippen LogP contribution in [0.3, 0.4) is 0 Å². The molecule has 0 bridgehead atoms. The summed E-state index contributed by atoms with van der Waals surface area (Å²) in [5.74, 6) is 0. The van der Waals surface area contributed by atoms with Gasteiger partial charge in [0.05, 0.1) is 0 Å². The van der Waals surface area contributed by atoms with Crippen molar-refractivity contribution in [3.05, 3.63) is 0 Å². The SMILES string of the molecule is C[CH2][Sn][CH2]C.C[CH2][Sn][CH2]C.C[CH2][Sn][CH2]C.C[CH2][Sn][CH2]C.C[CH2][Sn][CH2]C.C[CH2][Sn][CH2]C.C[CH2][Sn][CH2]C.C[CH2][Sn][CH2]C.C[CH2][Sn][CH2]C. The van der Waals surface area contributed by atoms with Crippen LogP contribution >= 0.6 is 0 Å². The maximum atomic E-state index is 2.29. The molecule has 0 fully saturated rings. The Kier molecular flexibility index (Phi) is 180. The molecule has 0 aromatic carbocycles. The molecule has 0 rings (SSSR count). The molecule has 0 aromatic rings. The van der Waals surface area contributed by atoms with E-state index >= 15 is 0 Å². The third-order valence-electron chi connectivity index (χ3n) is 4.50. The van der Waals surface area contributed by atoms with Crippen molar-refractivity contribution in [1.29, 1.82) is 0 Å². The van der Waals surface area contributed by atoms with Gasteiger partial charge in [0.25, 0.3) is 0 Å². The first-order chi connectivity index (χ1) is 21.7. The summed E-state index contributed by atoms with van der Waals surface area (Å²) in [5.41, 5.74) is 0. The van der Waals surface area contributed by atoms with E-state index in [4.69, 9.17) is 0 Å². The molecule has 0 saturated carbocycles. The molecule has 0 aliphatic carbocycles. The minimum atomic E-state index is 0.218. The molecular weight excluding hydrogens is 1500 g/mol. The van der Waals surface area contributed by atoms with Crippen molar-refractivity contribution in [1.82, 2.24) is 0 Å². The van der Waals surface area contributed by atoms with Crippen molar-refractivity contribution in [2.24, 2.45) is 0 Å². The molecule has 9 heteroatoms. The second-order valence-corrected chi connectivity index (χ2v) is 57.8. The topological polar surface area (TPSA) is 0 Å². The summed E-state index contributed by atoms with van der Waals surface area (Å²) >= 11 is 1.96. The molecule has 0 aliphatic rings. The van der Waals surface area contributed by atoms with Crippen LogP contribution in [0, 0.1) is 0 Å². The van der Waals surface area contributed by atoms with Crippen molar-refractivity contribution in [3.8, 4) is 0 Å². The Morgan fingerprint density at radius 2 is 0.178 bits per heavy atom. The van der Waals surface area contributed by atoms with Gasteiger partial charge in [-0.2, -0.15) is 0 Å². The second kappa shape index (κ2) is 110. The zero-order chi connectivity index (χ0) is 37.1. The molecule has 0 saturated heterocycles. The van der Waals surface area contributed by atoms with Crippen molar-refractivity contribution in [3.63, 3.8) is 0 Å². The van der Waals surface area contributed by atoms with Crippen LogP contribution in [-0.4, -0.2) is 190 Å². The first-order valence-electron chi connectivity index (χ1n) is 19.1. The summed E-state index contributed by atoms with van der Waals surface area (Å²) in [5, 5.41) is 0. The normalized spacial score (nSPS) is 8.40. The van der Waals surface area contributed by atoms with E-state index in [1.165, 1.54) is 79.9 Å². The molecule has 270 valence electrons. The quantitative estimate of drug-likeness (QED) is 0.120. The van der Waals surface area contributed by atoms with Crippen molar-refractivity contribution in [2.45, 2.75) is 204 Å². The number of hydrogen-bond donors (Lipinski definition) is 0. The first kappa shape index (κ1) is 73.3. The van der Waals surface area contributed by atoms with Crippen LogP contribution in [0.15, 0.2) is 0 Å². The number of hydrogen-bond acceptors (Lipinski definition) is 0. The van der Waals surface area contributed by atoms with Crippen LogP contribution in [0.4, 0.5) is 0 Å². The number of rotatable bonds is 18. The van der Waals surface area contributed by atoms with Gasteiger partial charge in [-0.15, -0.1) is 0 Å². The van der Waals surface area contributed by atoms with E-state index in [-0.39, 0.29) is 190 Å². The van der Waals surface area contributed by atoms with Gasteiger partial charge < -0.3 is 0 Å². The fourth-order valence-corrected chi connectivity index (χ4v) is 15.1. The predicted octanol–water partition coefficient (Wildman–Crippen LogP) is 14.1. The van der Waals surface area contributed by atoms with Gasteiger partial charge in [-0.1, -0.05) is 0 Å². The van der Waals surface area contributed by atoms with Gasteiger partial charge >= 0.3 is 395 Å². The van der Waals surface area contributed by atoms with Crippen LogP contribution in [0.5, 0.6) is 0 Å². The van der Waals surface area contributed by atoms with Gasteiger partial charge in [0.15, 0.2) is 0 Å². The third-order valence-corrected chi connectivity index (χ3v) is 30.2. The summed E-state index contributed by atoms with van der Waals surface area (Å²) in [7, 11) is 0. The molecule has 0 spiro atoms. The van der Waals surface area contributed by atoms with Crippen LogP contribution in [0.25, 0.3) is 0 Å². The fourth-order valence-electron chi connectivity index (χ4n) is 2.25. The molecule has 0 aromatic heterocycles. The van der Waals surface area contributed by atoms with Gasteiger partial charge in [0, 0.05) is 0 Å². The molecule has 0 unspecified atom stereocenters. The van der Waals surface area contributed by atoms with E-state index in [0.29, 0.717) is 0 Å². The van der Waals surface area contributed by atoms with Crippen LogP contribution in [-0.2, 0) is 0 Å². The summed E-state index contributed by atoms with van der Waals surface area (Å²) < 4.78 is 27.2. The van der Waals surface area contributed by atoms with Crippen molar-refractivity contribution in [2.75, 3.05) is 0 Å². The summed E-state index contributed by atoms with van der Waals surface area (Å²) in [6.07, 6.45) is 0. The van der Waals surface area contributed by atoms with Gasteiger partial charge in [0.1, 0.15) is 0 Å². The minimum absolute atomic E-state index is 0.218. The Hall–Kier alpha value is 7.19. The maximum absolute atomic E-state index is 2.29. The summed E-state index contributed by atoms with van der Waals surface area (Å²) in [6.45, 7) is 41.2. The van der Waals surface area contributed by atoms with E-state index in [9.17, 15) is 0 Å². The van der Waals surface area contributed by atoms with E-state index in [0.717, 1.165) is 0 Å². The fraction of sp³-hybridized carbons (Fsp3) is 1.00. The summed E-state index contributed by atoms with van der Waals surface area (Å²) in [6, 6.07) is 0. The monoisotopic (exact) mass is 1600 g/mol. The van der Waals surface area contributed by atoms with Gasteiger partial charge in [-0.25, -0.2) is 0 Å². The zero-order valence-corrected chi connectivity index (χ0v) is 60.9. The van der Waals surface area contributed by atoms with Gasteiger partial charge in [0.2, 0.25) is 0 Å². The van der Waals surface area contributed by atoms with Crippen LogP contribution in [0.2, 0.25) is 79.9 Å². The third kappa shape index (κ3) is 195. The zero-order valence-electron chi connectivity index (χ0n) is 35.2. The standard InChI is InChI=1S/18C2H5.9Sn/c18*1-2;;;;;;;;;/h18*1H2,2H3;;;;;;;;;. The average molecular weight is 1590 g/mol. The van der Waals surface area contributed by atoms with E-state index < -0.39 is 0 Å². The first-order valence-corrected chi connectivity index (χ1v) is 55.4. The Labute approximate surface area is 387 Å². The van der Waals surface area contributed by atoms with Gasteiger partial charge in [-0.3, -0.25) is 0 Å². The second-order valence-electron chi connectivity index (χ2n) is 8.61. The molecule has 0 atom stereocenters. The molecule has 18 radical (unpaired) electrons. The van der Waals surface area contributed by atoms with Crippen LogP contribution < -0.4 is 0 Å². The predicted molar refractivity (Wildman–Crippen MR) is 240 cm³/mol. The molecule has 45 heavy (non-hydrogen) atoms. The Balaban J connectivity index is -0.0000000463.